The van der Waals surface area contributed by atoms with Gasteiger partial charge in [-0.3, -0.25) is 9.59 Å². The number of fused-ring (bicyclic) bond motifs is 1. The van der Waals surface area contributed by atoms with Crippen LogP contribution in [0.25, 0.3) is 0 Å². The summed E-state index contributed by atoms with van der Waals surface area (Å²) < 4.78 is 0. The molecule has 0 aromatic heterocycles. The summed E-state index contributed by atoms with van der Waals surface area (Å²) in [4.78, 5) is 26.3. The molecule has 1 aliphatic heterocycles. The summed E-state index contributed by atoms with van der Waals surface area (Å²) in [6, 6.07) is 16.7. The van der Waals surface area contributed by atoms with Crippen LogP contribution in [0.5, 0.6) is 0 Å². The van der Waals surface area contributed by atoms with Crippen molar-refractivity contribution in [3.8, 4) is 0 Å². The molecular formula is C19H19NO3. The Hall–Kier alpha value is -2.62. The number of carboxylic acids is 1. The molecule has 1 aliphatic rings. The van der Waals surface area contributed by atoms with Crippen molar-refractivity contribution in [3.63, 3.8) is 0 Å². The van der Waals surface area contributed by atoms with E-state index in [9.17, 15) is 14.7 Å². The Kier molecular flexibility index (Phi) is 3.68. The third-order valence-corrected chi connectivity index (χ3v) is 4.85. The molecule has 2 aromatic carbocycles. The van der Waals surface area contributed by atoms with Crippen molar-refractivity contribution in [2.45, 2.75) is 24.8 Å². The highest BCUT2D eigenvalue weighted by molar-refractivity contribution is 6.00. The van der Waals surface area contributed by atoms with Gasteiger partial charge in [0.25, 0.3) is 5.91 Å². The number of carboxylic acid groups (broad SMARTS) is 1. The lowest BCUT2D eigenvalue weighted by Crippen LogP contribution is -2.58. The first kappa shape index (κ1) is 15.3. The molecule has 3 rings (SSSR count). The first-order valence-electron chi connectivity index (χ1n) is 7.59. The second-order valence-corrected chi connectivity index (χ2v) is 6.24. The molecule has 2 atom stereocenters. The van der Waals surface area contributed by atoms with E-state index in [1.807, 2.05) is 37.3 Å². The number of carbonyl (C=O) groups excluding carboxylic acids is 1. The molecule has 4 nitrogen and oxygen atoms in total. The highest BCUT2D eigenvalue weighted by atomic mass is 16.4. The van der Waals surface area contributed by atoms with Crippen molar-refractivity contribution >= 4 is 11.9 Å². The Morgan fingerprint density at radius 1 is 1.13 bits per heavy atom. The fourth-order valence-electron chi connectivity index (χ4n) is 3.51. The summed E-state index contributed by atoms with van der Waals surface area (Å²) in [5.74, 6) is -1.80. The Morgan fingerprint density at radius 3 is 2.39 bits per heavy atom. The second kappa shape index (κ2) is 5.54. The number of hydrogen-bond donors (Lipinski definition) is 1. The lowest BCUT2D eigenvalue weighted by molar-refractivity contribution is -0.142. The van der Waals surface area contributed by atoms with Gasteiger partial charge in [0.05, 0.1) is 5.54 Å². The summed E-state index contributed by atoms with van der Waals surface area (Å²) in [6.07, 6.45) is 0.487. The minimum atomic E-state index is -0.907. The number of carbonyl (C=O) groups is 2. The van der Waals surface area contributed by atoms with Crippen LogP contribution in [-0.2, 0) is 11.2 Å². The molecule has 0 radical (unpaired) electrons. The number of benzene rings is 2. The Labute approximate surface area is 135 Å². The van der Waals surface area contributed by atoms with E-state index in [2.05, 4.69) is 0 Å². The summed E-state index contributed by atoms with van der Waals surface area (Å²) >= 11 is 0. The van der Waals surface area contributed by atoms with Gasteiger partial charge in [0.15, 0.2) is 0 Å². The van der Waals surface area contributed by atoms with Crippen LogP contribution in [0.2, 0.25) is 0 Å². The first-order chi connectivity index (χ1) is 10.9. The van der Waals surface area contributed by atoms with Crippen LogP contribution < -0.4 is 0 Å². The number of hydrogen-bond acceptors (Lipinski definition) is 2. The smallest absolute Gasteiger partial charge is 0.313 e. The van der Waals surface area contributed by atoms with Crippen LogP contribution in [0.15, 0.2) is 54.6 Å². The van der Waals surface area contributed by atoms with Gasteiger partial charge in [-0.25, -0.2) is 0 Å². The van der Waals surface area contributed by atoms with E-state index >= 15 is 0 Å². The van der Waals surface area contributed by atoms with Gasteiger partial charge in [-0.1, -0.05) is 48.5 Å². The number of amides is 1. The molecule has 2 aromatic rings. The van der Waals surface area contributed by atoms with Gasteiger partial charge in [0, 0.05) is 12.6 Å². The third-order valence-electron chi connectivity index (χ3n) is 4.85. The van der Waals surface area contributed by atoms with E-state index in [0.29, 0.717) is 17.5 Å². The molecule has 2 unspecified atom stereocenters. The molecule has 118 valence electrons. The Morgan fingerprint density at radius 2 is 1.74 bits per heavy atom. The fourth-order valence-corrected chi connectivity index (χ4v) is 3.51. The molecule has 0 bridgehead atoms. The van der Waals surface area contributed by atoms with Crippen molar-refractivity contribution in [3.05, 3.63) is 71.3 Å². The van der Waals surface area contributed by atoms with Gasteiger partial charge in [-0.15, -0.1) is 0 Å². The standard InChI is InChI=1S/C19H19NO3/c1-19(12-13-8-4-3-5-9-13)16(18(22)23)14-10-6-7-11-15(14)17(21)20(19)2/h3-11,16H,12H2,1-2H3,(H,22,23). The monoisotopic (exact) mass is 309 g/mol. The summed E-state index contributed by atoms with van der Waals surface area (Å²) in [5, 5.41) is 9.86. The highest BCUT2D eigenvalue weighted by Crippen LogP contribution is 2.42. The van der Waals surface area contributed by atoms with Gasteiger partial charge >= 0.3 is 5.97 Å². The van der Waals surface area contributed by atoms with Crippen molar-refractivity contribution in [2.24, 2.45) is 0 Å². The van der Waals surface area contributed by atoms with Crippen molar-refractivity contribution < 1.29 is 14.7 Å². The van der Waals surface area contributed by atoms with Crippen LogP contribution in [0.4, 0.5) is 0 Å². The maximum Gasteiger partial charge on any atom is 0.313 e. The Balaban J connectivity index is 2.14. The van der Waals surface area contributed by atoms with Gasteiger partial charge < -0.3 is 10.0 Å². The van der Waals surface area contributed by atoms with Crippen LogP contribution in [0.1, 0.15) is 34.3 Å². The van der Waals surface area contributed by atoms with Crippen LogP contribution in [-0.4, -0.2) is 34.5 Å². The van der Waals surface area contributed by atoms with Crippen molar-refractivity contribution in [2.75, 3.05) is 7.05 Å². The quantitative estimate of drug-likeness (QED) is 0.948. The van der Waals surface area contributed by atoms with E-state index in [1.165, 1.54) is 0 Å². The fraction of sp³-hybridized carbons (Fsp3) is 0.263. The van der Waals surface area contributed by atoms with E-state index in [1.54, 1.807) is 36.2 Å². The Bertz CT molecular complexity index is 756. The molecule has 1 N–H and O–H groups in total. The molecule has 0 saturated carbocycles. The zero-order valence-electron chi connectivity index (χ0n) is 13.2. The molecule has 4 heteroatoms. The number of likely N-dealkylation sites (N-methyl/N-ethyl adjacent to an activating group) is 1. The SMILES string of the molecule is CN1C(=O)c2ccccc2C(C(=O)O)C1(C)Cc1ccccc1. The number of aliphatic carboxylic acids is 1. The van der Waals surface area contributed by atoms with Gasteiger partial charge in [-0.05, 0) is 30.5 Å². The lowest BCUT2D eigenvalue weighted by atomic mass is 9.71. The topological polar surface area (TPSA) is 57.6 Å². The largest absolute Gasteiger partial charge is 0.481 e. The average molecular weight is 309 g/mol. The predicted molar refractivity (Wildman–Crippen MR) is 87.5 cm³/mol. The normalized spacial score (nSPS) is 23.5. The second-order valence-electron chi connectivity index (χ2n) is 6.24. The molecule has 0 fully saturated rings. The number of rotatable bonds is 3. The maximum absolute atomic E-state index is 12.7. The molecular weight excluding hydrogens is 290 g/mol. The van der Waals surface area contributed by atoms with Crippen molar-refractivity contribution in [1.29, 1.82) is 0 Å². The molecule has 0 spiro atoms. The van der Waals surface area contributed by atoms with E-state index < -0.39 is 17.4 Å². The van der Waals surface area contributed by atoms with Crippen LogP contribution in [0.3, 0.4) is 0 Å². The zero-order valence-corrected chi connectivity index (χ0v) is 13.2. The summed E-state index contributed by atoms with van der Waals surface area (Å²) in [7, 11) is 1.69. The summed E-state index contributed by atoms with van der Waals surface area (Å²) in [6.45, 7) is 1.85. The van der Waals surface area contributed by atoms with Gasteiger partial charge in [-0.2, -0.15) is 0 Å². The molecule has 1 heterocycles. The van der Waals surface area contributed by atoms with Crippen LogP contribution >= 0.6 is 0 Å². The minimum Gasteiger partial charge on any atom is -0.481 e. The van der Waals surface area contributed by atoms with E-state index in [-0.39, 0.29) is 5.91 Å². The van der Waals surface area contributed by atoms with Crippen LogP contribution in [0, 0.1) is 0 Å². The molecule has 0 aliphatic carbocycles. The highest BCUT2D eigenvalue weighted by Gasteiger charge is 2.50. The van der Waals surface area contributed by atoms with E-state index in [0.717, 1.165) is 5.56 Å². The van der Waals surface area contributed by atoms with Gasteiger partial charge in [0.1, 0.15) is 5.92 Å². The van der Waals surface area contributed by atoms with Gasteiger partial charge in [0.2, 0.25) is 0 Å². The molecule has 23 heavy (non-hydrogen) atoms. The van der Waals surface area contributed by atoms with E-state index in [4.69, 9.17) is 0 Å². The van der Waals surface area contributed by atoms with Crippen molar-refractivity contribution in [1.82, 2.24) is 4.90 Å². The molecule has 0 saturated heterocycles. The lowest BCUT2D eigenvalue weighted by Gasteiger charge is -2.47. The average Bonchev–Trinajstić information content (AvgIpc) is 2.53. The first-order valence-corrected chi connectivity index (χ1v) is 7.59. The summed E-state index contributed by atoms with van der Waals surface area (Å²) in [5.41, 5.74) is 1.27. The minimum absolute atomic E-state index is 0.128. The third kappa shape index (κ3) is 2.40. The maximum atomic E-state index is 12.7. The number of nitrogens with zero attached hydrogens (tertiary/aromatic N) is 1. The predicted octanol–water partition coefficient (Wildman–Crippen LogP) is 2.94. The molecule has 1 amide bonds. The zero-order chi connectivity index (χ0) is 16.6.